The van der Waals surface area contributed by atoms with Gasteiger partial charge in [0.25, 0.3) is 0 Å². The van der Waals surface area contributed by atoms with E-state index in [0.717, 1.165) is 51.0 Å². The molecule has 0 amide bonds. The fraction of sp³-hybridized carbons (Fsp3) is 0.706. The van der Waals surface area contributed by atoms with Gasteiger partial charge < -0.3 is 4.74 Å². The van der Waals surface area contributed by atoms with Gasteiger partial charge in [-0.3, -0.25) is 9.88 Å². The quantitative estimate of drug-likeness (QED) is 0.817. The lowest BCUT2D eigenvalue weighted by atomic mass is 9.91. The summed E-state index contributed by atoms with van der Waals surface area (Å²) in [4.78, 5) is 6.75. The molecule has 3 aliphatic rings. The minimum Gasteiger partial charge on any atom is -0.371 e. The molecule has 0 bridgehead atoms. The van der Waals surface area contributed by atoms with Crippen molar-refractivity contribution in [2.75, 3.05) is 32.8 Å². The van der Waals surface area contributed by atoms with Crippen LogP contribution in [0.3, 0.4) is 0 Å². The van der Waals surface area contributed by atoms with Gasteiger partial charge in [-0.05, 0) is 44.4 Å². The molecule has 1 atom stereocenters. The third-order valence-corrected chi connectivity index (χ3v) is 7.59. The predicted molar refractivity (Wildman–Crippen MR) is 90.9 cm³/mol. The van der Waals surface area contributed by atoms with Crippen LogP contribution in [0.4, 0.5) is 0 Å². The second kappa shape index (κ2) is 6.37. The minimum atomic E-state index is -3.12. The van der Waals surface area contributed by atoms with E-state index in [-0.39, 0.29) is 10.9 Å². The smallest absolute Gasteiger partial charge is 0.217 e. The second-order valence-corrected chi connectivity index (χ2v) is 9.46. The summed E-state index contributed by atoms with van der Waals surface area (Å²) in [5.41, 5.74) is 0.695. The van der Waals surface area contributed by atoms with Gasteiger partial charge in [0.05, 0.1) is 23.2 Å². The zero-order valence-corrected chi connectivity index (χ0v) is 14.7. The molecule has 1 aromatic heterocycles. The molecule has 3 heterocycles. The molecule has 2 aliphatic heterocycles. The Hall–Kier alpha value is -1.02. The SMILES string of the molecule is O=S(=O)(C1CC1)N1CCOC2(CCCN(Cc3ccccn3)C2)C1. The summed E-state index contributed by atoms with van der Waals surface area (Å²) in [6.45, 7) is 4.09. The van der Waals surface area contributed by atoms with E-state index in [9.17, 15) is 8.42 Å². The second-order valence-electron chi connectivity index (χ2n) is 7.24. The maximum Gasteiger partial charge on any atom is 0.217 e. The van der Waals surface area contributed by atoms with Gasteiger partial charge in [-0.2, -0.15) is 4.31 Å². The summed E-state index contributed by atoms with van der Waals surface area (Å²) in [6, 6.07) is 5.96. The van der Waals surface area contributed by atoms with E-state index in [2.05, 4.69) is 9.88 Å². The van der Waals surface area contributed by atoms with Crippen LogP contribution >= 0.6 is 0 Å². The van der Waals surface area contributed by atoms with E-state index in [1.165, 1.54) is 0 Å². The molecular weight excluding hydrogens is 326 g/mol. The van der Waals surface area contributed by atoms with Crippen molar-refractivity contribution in [1.29, 1.82) is 0 Å². The van der Waals surface area contributed by atoms with Crippen LogP contribution in [-0.4, -0.2) is 66.2 Å². The van der Waals surface area contributed by atoms with Gasteiger partial charge >= 0.3 is 0 Å². The van der Waals surface area contributed by atoms with Crippen LogP contribution in [0.5, 0.6) is 0 Å². The fourth-order valence-electron chi connectivity index (χ4n) is 3.90. The number of ether oxygens (including phenoxy) is 1. The van der Waals surface area contributed by atoms with E-state index in [1.54, 1.807) is 4.31 Å². The molecule has 0 radical (unpaired) electrons. The van der Waals surface area contributed by atoms with Crippen molar-refractivity contribution in [2.24, 2.45) is 0 Å². The van der Waals surface area contributed by atoms with E-state index < -0.39 is 10.0 Å². The number of rotatable bonds is 4. The summed E-state index contributed by atoms with van der Waals surface area (Å²) in [5.74, 6) is 0. The highest BCUT2D eigenvalue weighted by Gasteiger charge is 2.47. The summed E-state index contributed by atoms with van der Waals surface area (Å²) in [6.07, 6.45) is 5.42. The molecule has 1 unspecified atom stereocenters. The van der Waals surface area contributed by atoms with E-state index in [0.29, 0.717) is 19.7 Å². The average Bonchev–Trinajstić information content (AvgIpc) is 3.41. The number of piperidine rings is 1. The van der Waals surface area contributed by atoms with Crippen molar-refractivity contribution >= 4 is 10.0 Å². The first-order valence-electron chi connectivity index (χ1n) is 8.83. The van der Waals surface area contributed by atoms with Crippen molar-refractivity contribution in [1.82, 2.24) is 14.2 Å². The summed E-state index contributed by atoms with van der Waals surface area (Å²) in [7, 11) is -3.12. The Labute approximate surface area is 143 Å². The lowest BCUT2D eigenvalue weighted by Crippen LogP contribution is -2.60. The average molecular weight is 351 g/mol. The van der Waals surface area contributed by atoms with E-state index in [4.69, 9.17) is 4.74 Å². The van der Waals surface area contributed by atoms with Crippen LogP contribution in [0.25, 0.3) is 0 Å². The van der Waals surface area contributed by atoms with Gasteiger partial charge in [0, 0.05) is 32.4 Å². The first kappa shape index (κ1) is 16.4. The van der Waals surface area contributed by atoms with Crippen molar-refractivity contribution in [3.05, 3.63) is 30.1 Å². The Bertz CT molecular complexity index is 674. The first-order chi connectivity index (χ1) is 11.6. The highest BCUT2D eigenvalue weighted by molar-refractivity contribution is 7.90. The number of likely N-dealkylation sites (tertiary alicyclic amines) is 1. The van der Waals surface area contributed by atoms with Crippen LogP contribution in [0.15, 0.2) is 24.4 Å². The third kappa shape index (κ3) is 3.35. The van der Waals surface area contributed by atoms with Crippen molar-refractivity contribution < 1.29 is 13.2 Å². The molecule has 1 saturated carbocycles. The maximum absolute atomic E-state index is 12.6. The number of hydrogen-bond acceptors (Lipinski definition) is 5. The minimum absolute atomic E-state index is 0.138. The lowest BCUT2D eigenvalue weighted by Gasteiger charge is -2.47. The number of nitrogens with zero attached hydrogens (tertiary/aromatic N) is 3. The monoisotopic (exact) mass is 351 g/mol. The maximum atomic E-state index is 12.6. The summed E-state index contributed by atoms with van der Waals surface area (Å²) in [5, 5.41) is -0.138. The van der Waals surface area contributed by atoms with E-state index in [1.807, 2.05) is 24.4 Å². The Morgan fingerprint density at radius 1 is 1.25 bits per heavy atom. The predicted octanol–water partition coefficient (Wildman–Crippen LogP) is 1.24. The molecular formula is C17H25N3O3S. The molecule has 132 valence electrons. The molecule has 7 heteroatoms. The molecule has 0 N–H and O–H groups in total. The van der Waals surface area contributed by atoms with Gasteiger partial charge in [0.2, 0.25) is 10.0 Å². The molecule has 4 rings (SSSR count). The number of aromatic nitrogens is 1. The highest BCUT2D eigenvalue weighted by atomic mass is 32.2. The number of pyridine rings is 1. The Kier molecular flexibility index (Phi) is 4.36. The van der Waals surface area contributed by atoms with Gasteiger partial charge in [-0.25, -0.2) is 8.42 Å². The van der Waals surface area contributed by atoms with Gasteiger partial charge in [0.15, 0.2) is 0 Å². The molecule has 1 aliphatic carbocycles. The Morgan fingerprint density at radius 3 is 2.88 bits per heavy atom. The highest BCUT2D eigenvalue weighted by Crippen LogP contribution is 2.35. The van der Waals surface area contributed by atoms with E-state index >= 15 is 0 Å². The third-order valence-electron chi connectivity index (χ3n) is 5.25. The normalized spacial score (nSPS) is 29.8. The van der Waals surface area contributed by atoms with Gasteiger partial charge in [-0.15, -0.1) is 0 Å². The molecule has 1 spiro atoms. The fourth-order valence-corrected chi connectivity index (χ4v) is 5.79. The van der Waals surface area contributed by atoms with Crippen LogP contribution in [0.2, 0.25) is 0 Å². The topological polar surface area (TPSA) is 62.7 Å². The number of sulfonamides is 1. The summed E-state index contributed by atoms with van der Waals surface area (Å²) >= 11 is 0. The molecule has 24 heavy (non-hydrogen) atoms. The lowest BCUT2D eigenvalue weighted by molar-refractivity contribution is -0.125. The zero-order valence-electron chi connectivity index (χ0n) is 13.9. The largest absolute Gasteiger partial charge is 0.371 e. The van der Waals surface area contributed by atoms with Crippen LogP contribution in [0, 0.1) is 0 Å². The first-order valence-corrected chi connectivity index (χ1v) is 10.3. The van der Waals surface area contributed by atoms with Crippen molar-refractivity contribution in [3.63, 3.8) is 0 Å². The van der Waals surface area contributed by atoms with Crippen LogP contribution < -0.4 is 0 Å². The Balaban J connectivity index is 1.45. The Morgan fingerprint density at radius 2 is 2.12 bits per heavy atom. The van der Waals surface area contributed by atoms with Crippen LogP contribution in [0.1, 0.15) is 31.4 Å². The standard InChI is InChI=1S/C17H25N3O3S/c21-24(22,16-5-6-16)20-10-11-23-17(14-20)7-3-9-19(13-17)12-15-4-1-2-8-18-15/h1-2,4,8,16H,3,5-7,9-14H2. The van der Waals surface area contributed by atoms with Crippen molar-refractivity contribution in [3.8, 4) is 0 Å². The zero-order chi connectivity index (χ0) is 16.6. The number of hydrogen-bond donors (Lipinski definition) is 0. The molecule has 1 aromatic rings. The van der Waals surface area contributed by atoms with Gasteiger partial charge in [0.1, 0.15) is 0 Å². The molecule has 0 aromatic carbocycles. The summed E-state index contributed by atoms with van der Waals surface area (Å²) < 4.78 is 33.0. The van der Waals surface area contributed by atoms with Gasteiger partial charge in [-0.1, -0.05) is 6.07 Å². The molecule has 6 nitrogen and oxygen atoms in total. The van der Waals surface area contributed by atoms with Crippen molar-refractivity contribution in [2.45, 2.75) is 43.1 Å². The van der Waals surface area contributed by atoms with Crippen LogP contribution in [-0.2, 0) is 21.3 Å². The molecule has 2 saturated heterocycles. The molecule has 3 fully saturated rings. The number of morpholine rings is 1.